The summed E-state index contributed by atoms with van der Waals surface area (Å²) in [5, 5.41) is 3.95. The molecule has 0 N–H and O–H groups in total. The van der Waals surface area contributed by atoms with E-state index in [1.165, 1.54) is 20.3 Å². The first kappa shape index (κ1) is 24.1. The highest BCUT2D eigenvalue weighted by Crippen LogP contribution is 2.42. The molecule has 0 unspecified atom stereocenters. The van der Waals surface area contributed by atoms with E-state index in [1.807, 2.05) is 18.2 Å². The summed E-state index contributed by atoms with van der Waals surface area (Å²) in [6, 6.07) is 38.3. The van der Waals surface area contributed by atoms with Crippen molar-refractivity contribution >= 4 is 80.1 Å². The second kappa shape index (κ2) is 9.04. The van der Waals surface area contributed by atoms with Gasteiger partial charge >= 0.3 is 0 Å². The minimum atomic E-state index is 0.0411. The lowest BCUT2D eigenvalue weighted by molar-refractivity contribution is 0.591. The monoisotopic (exact) mass is 541 g/mol. The summed E-state index contributed by atoms with van der Waals surface area (Å²) < 4.78 is 4.53. The van der Waals surface area contributed by atoms with Crippen LogP contribution in [-0.2, 0) is 5.41 Å². The number of rotatable bonds is 3. The van der Waals surface area contributed by atoms with Crippen LogP contribution < -0.4 is 10.3 Å². The third-order valence-electron chi connectivity index (χ3n) is 7.40. The molecule has 0 aliphatic heterocycles. The molecule has 4 heteroatoms. The third-order valence-corrected chi connectivity index (χ3v) is 9.63. The van der Waals surface area contributed by atoms with Crippen LogP contribution in [0.25, 0.3) is 40.3 Å². The highest BCUT2D eigenvalue weighted by atomic mass is 32.1. The van der Waals surface area contributed by atoms with Crippen molar-refractivity contribution in [1.82, 2.24) is 0 Å². The van der Waals surface area contributed by atoms with Crippen LogP contribution in [0.3, 0.4) is 0 Å². The van der Waals surface area contributed by atoms with Gasteiger partial charge in [0, 0.05) is 57.4 Å². The second-order valence-electron chi connectivity index (χ2n) is 11.0. The lowest BCUT2D eigenvalue weighted by Crippen LogP contribution is -2.11. The van der Waals surface area contributed by atoms with Crippen molar-refractivity contribution in [2.45, 2.75) is 26.2 Å². The smallest absolute Gasteiger partial charge is 0.195 e. The molecule has 0 saturated heterocycles. The number of fused-ring (bicyclic) bond motifs is 5. The third kappa shape index (κ3) is 4.12. The fourth-order valence-corrected chi connectivity index (χ4v) is 7.69. The predicted octanol–water partition coefficient (Wildman–Crippen LogP) is 10.5. The van der Waals surface area contributed by atoms with Crippen molar-refractivity contribution < 1.29 is 0 Å². The summed E-state index contributed by atoms with van der Waals surface area (Å²) in [7, 11) is 0. The van der Waals surface area contributed by atoms with Crippen LogP contribution in [-0.4, -0.2) is 0 Å². The molecule has 190 valence electrons. The van der Waals surface area contributed by atoms with Crippen molar-refractivity contribution in [1.29, 1.82) is 0 Å². The van der Waals surface area contributed by atoms with Crippen LogP contribution in [0.1, 0.15) is 26.3 Å². The highest BCUT2D eigenvalue weighted by molar-refractivity contribution is 7.27. The van der Waals surface area contributed by atoms with E-state index in [4.69, 9.17) is 0 Å². The normalized spacial score (nSPS) is 12.1. The van der Waals surface area contributed by atoms with E-state index in [9.17, 15) is 4.79 Å². The first-order valence-electron chi connectivity index (χ1n) is 13.1. The Morgan fingerprint density at radius 3 is 1.72 bits per heavy atom. The average molecular weight is 542 g/mol. The Balaban J connectivity index is 1.42. The maximum atomic E-state index is 13.6. The number of benzene rings is 5. The molecule has 5 aromatic carbocycles. The molecule has 2 nitrogen and oxygen atoms in total. The Labute approximate surface area is 235 Å². The summed E-state index contributed by atoms with van der Waals surface area (Å²) in [6.45, 7) is 6.64. The lowest BCUT2D eigenvalue weighted by Gasteiger charge is -2.25. The summed E-state index contributed by atoms with van der Waals surface area (Å²) in [5.74, 6) is 0. The summed E-state index contributed by atoms with van der Waals surface area (Å²) in [6.07, 6.45) is 0. The standard InChI is InChI=1S/C35H27NOS2/c1-35(2,3)22-14-16-27-30(18-22)38-33-21-32-28(20-29(33)34(27)37)26-17-15-25(19-31(26)39-32)36(23-10-6-4-7-11-23)24-12-8-5-9-13-24/h4-21H,1-3H3. The topological polar surface area (TPSA) is 20.3 Å². The SMILES string of the molecule is CC(C)(C)c1ccc2c(=O)c3cc4c(cc3sc2c1)sc1cc(N(c2ccccc2)c2ccccc2)ccc14. The highest BCUT2D eigenvalue weighted by Gasteiger charge is 2.18. The van der Waals surface area contributed by atoms with Gasteiger partial charge < -0.3 is 4.90 Å². The predicted molar refractivity (Wildman–Crippen MR) is 172 cm³/mol. The molecule has 0 aliphatic carbocycles. The number of hydrogen-bond donors (Lipinski definition) is 0. The molecule has 0 saturated carbocycles. The van der Waals surface area contributed by atoms with Crippen LogP contribution in [0.5, 0.6) is 0 Å². The molecule has 2 aromatic heterocycles. The van der Waals surface area contributed by atoms with Gasteiger partial charge in [0.15, 0.2) is 5.43 Å². The van der Waals surface area contributed by atoms with E-state index in [2.05, 4.69) is 117 Å². The Kier molecular flexibility index (Phi) is 5.58. The molecule has 39 heavy (non-hydrogen) atoms. The molecule has 0 amide bonds. The minimum absolute atomic E-state index is 0.0411. The van der Waals surface area contributed by atoms with Gasteiger partial charge in [-0.15, -0.1) is 22.7 Å². The zero-order valence-corrected chi connectivity index (χ0v) is 23.7. The van der Waals surface area contributed by atoms with Gasteiger partial charge in [-0.3, -0.25) is 4.79 Å². The van der Waals surface area contributed by atoms with Crippen molar-refractivity contribution in [2.75, 3.05) is 4.90 Å². The van der Waals surface area contributed by atoms with Crippen LogP contribution in [0, 0.1) is 0 Å². The van der Waals surface area contributed by atoms with Crippen molar-refractivity contribution in [2.24, 2.45) is 0 Å². The summed E-state index contributed by atoms with van der Waals surface area (Å²) in [4.78, 5) is 15.9. The molecule has 0 atom stereocenters. The molecule has 0 bridgehead atoms. The molecule has 7 aromatic rings. The van der Waals surface area contributed by atoms with Crippen LogP contribution in [0.2, 0.25) is 0 Å². The largest absolute Gasteiger partial charge is 0.310 e. The van der Waals surface area contributed by atoms with E-state index < -0.39 is 0 Å². The Morgan fingerprint density at radius 1 is 0.513 bits per heavy atom. The number of anilines is 3. The molecule has 0 spiro atoms. The number of para-hydroxylation sites is 2. The average Bonchev–Trinajstić information content (AvgIpc) is 3.29. The van der Waals surface area contributed by atoms with Crippen molar-refractivity contribution in [3.63, 3.8) is 0 Å². The Bertz CT molecular complexity index is 2030. The fourth-order valence-electron chi connectivity index (χ4n) is 5.32. The van der Waals surface area contributed by atoms with Gasteiger partial charge in [0.25, 0.3) is 0 Å². The summed E-state index contributed by atoms with van der Waals surface area (Å²) >= 11 is 3.52. The minimum Gasteiger partial charge on any atom is -0.310 e. The molecular formula is C35H27NOS2. The van der Waals surface area contributed by atoms with Gasteiger partial charge in [-0.2, -0.15) is 0 Å². The van der Waals surface area contributed by atoms with Gasteiger partial charge in [0.2, 0.25) is 0 Å². The molecular weight excluding hydrogens is 515 g/mol. The van der Waals surface area contributed by atoms with E-state index in [0.717, 1.165) is 42.6 Å². The van der Waals surface area contributed by atoms with Crippen LogP contribution in [0.4, 0.5) is 17.1 Å². The van der Waals surface area contributed by atoms with Gasteiger partial charge in [0.1, 0.15) is 0 Å². The molecule has 7 rings (SSSR count). The quantitative estimate of drug-likeness (QED) is 0.207. The second-order valence-corrected chi connectivity index (χ2v) is 13.2. The van der Waals surface area contributed by atoms with Crippen LogP contribution in [0.15, 0.2) is 114 Å². The number of nitrogens with zero attached hydrogens (tertiary/aromatic N) is 1. The number of hydrogen-bond acceptors (Lipinski definition) is 4. The van der Waals surface area contributed by atoms with Gasteiger partial charge in [-0.25, -0.2) is 0 Å². The summed E-state index contributed by atoms with van der Waals surface area (Å²) in [5.41, 5.74) is 4.77. The van der Waals surface area contributed by atoms with E-state index >= 15 is 0 Å². The van der Waals surface area contributed by atoms with E-state index in [0.29, 0.717) is 0 Å². The van der Waals surface area contributed by atoms with E-state index in [1.54, 1.807) is 22.7 Å². The van der Waals surface area contributed by atoms with Gasteiger partial charge in [-0.05, 0) is 71.6 Å². The first-order valence-corrected chi connectivity index (χ1v) is 14.8. The van der Waals surface area contributed by atoms with Crippen molar-refractivity contribution in [3.8, 4) is 0 Å². The number of thiophene rings is 1. The maximum absolute atomic E-state index is 13.6. The Morgan fingerprint density at radius 2 is 1.08 bits per heavy atom. The van der Waals surface area contributed by atoms with Gasteiger partial charge in [0.05, 0.1) is 0 Å². The Hall–Kier alpha value is -3.99. The van der Waals surface area contributed by atoms with Gasteiger partial charge in [-0.1, -0.05) is 69.3 Å². The zero-order valence-electron chi connectivity index (χ0n) is 22.1. The first-order chi connectivity index (χ1) is 18.9. The van der Waals surface area contributed by atoms with Crippen molar-refractivity contribution in [3.05, 3.63) is 125 Å². The van der Waals surface area contributed by atoms with E-state index in [-0.39, 0.29) is 10.8 Å². The maximum Gasteiger partial charge on any atom is 0.195 e. The molecule has 0 aliphatic rings. The lowest BCUT2D eigenvalue weighted by atomic mass is 9.87. The molecule has 2 heterocycles. The molecule has 0 fully saturated rings. The molecule has 0 radical (unpaired) electrons. The zero-order chi connectivity index (χ0) is 26.7. The van der Waals surface area contributed by atoms with Crippen LogP contribution >= 0.6 is 22.7 Å². The fraction of sp³-hybridized carbons (Fsp3) is 0.114.